The molecule has 88 valence electrons. The van der Waals surface area contributed by atoms with Gasteiger partial charge < -0.3 is 10.2 Å². The molecular weight excluding hydrogens is 228 g/mol. The van der Waals surface area contributed by atoms with E-state index in [4.69, 9.17) is 11.6 Å². The van der Waals surface area contributed by atoms with E-state index in [1.807, 2.05) is 0 Å². The highest BCUT2D eigenvalue weighted by molar-refractivity contribution is 6.33. The summed E-state index contributed by atoms with van der Waals surface area (Å²) in [6.07, 6.45) is 2.71. The largest absolute Gasteiger partial charge is 0.368 e. The van der Waals surface area contributed by atoms with Crippen molar-refractivity contribution in [2.24, 2.45) is 7.05 Å². The van der Waals surface area contributed by atoms with E-state index in [0.29, 0.717) is 0 Å². The van der Waals surface area contributed by atoms with Gasteiger partial charge in [0.15, 0.2) is 0 Å². The van der Waals surface area contributed by atoms with Crippen LogP contribution in [-0.4, -0.2) is 36.0 Å². The van der Waals surface area contributed by atoms with Gasteiger partial charge in [0.1, 0.15) is 5.02 Å². The van der Waals surface area contributed by atoms with E-state index in [1.165, 1.54) is 4.68 Å². The van der Waals surface area contributed by atoms with Gasteiger partial charge in [-0.05, 0) is 13.0 Å². The Hall–Kier alpha value is -1.07. The lowest BCUT2D eigenvalue weighted by molar-refractivity contribution is 0.699. The summed E-state index contributed by atoms with van der Waals surface area (Å²) in [6, 6.07) is 0. The van der Waals surface area contributed by atoms with E-state index in [1.54, 1.807) is 13.2 Å². The minimum atomic E-state index is -0.239. The minimum absolute atomic E-state index is 0.239. The molecule has 2 rings (SSSR count). The molecule has 0 aromatic carbocycles. The molecule has 1 aliphatic heterocycles. The molecule has 0 unspecified atom stereocenters. The number of hydrogen-bond donors (Lipinski definition) is 1. The van der Waals surface area contributed by atoms with Crippen molar-refractivity contribution in [2.45, 2.75) is 6.42 Å². The Morgan fingerprint density at radius 2 is 2.25 bits per heavy atom. The van der Waals surface area contributed by atoms with Gasteiger partial charge in [-0.2, -0.15) is 5.10 Å². The van der Waals surface area contributed by atoms with Crippen LogP contribution in [0.15, 0.2) is 11.0 Å². The van der Waals surface area contributed by atoms with Gasteiger partial charge in [-0.3, -0.25) is 4.79 Å². The highest BCUT2D eigenvalue weighted by Crippen LogP contribution is 2.21. The molecule has 0 atom stereocenters. The third-order valence-electron chi connectivity index (χ3n) is 2.74. The van der Waals surface area contributed by atoms with Crippen LogP contribution in [0, 0.1) is 0 Å². The van der Waals surface area contributed by atoms with Crippen LogP contribution in [0.4, 0.5) is 5.69 Å². The maximum absolute atomic E-state index is 11.6. The van der Waals surface area contributed by atoms with Crippen LogP contribution in [0.25, 0.3) is 0 Å². The van der Waals surface area contributed by atoms with Crippen LogP contribution in [0.1, 0.15) is 6.42 Å². The smallest absolute Gasteiger partial charge is 0.287 e. The zero-order valence-electron chi connectivity index (χ0n) is 9.24. The van der Waals surface area contributed by atoms with E-state index < -0.39 is 0 Å². The first-order chi connectivity index (χ1) is 7.70. The predicted molar refractivity (Wildman–Crippen MR) is 64.2 cm³/mol. The number of aromatic nitrogens is 2. The van der Waals surface area contributed by atoms with E-state index in [0.717, 1.165) is 38.3 Å². The molecule has 0 aliphatic carbocycles. The Morgan fingerprint density at radius 1 is 1.44 bits per heavy atom. The monoisotopic (exact) mass is 242 g/mol. The molecule has 5 nitrogen and oxygen atoms in total. The van der Waals surface area contributed by atoms with E-state index in [2.05, 4.69) is 15.3 Å². The van der Waals surface area contributed by atoms with Crippen LogP contribution >= 0.6 is 11.6 Å². The molecule has 1 aliphatic rings. The maximum Gasteiger partial charge on any atom is 0.287 e. The summed E-state index contributed by atoms with van der Waals surface area (Å²) < 4.78 is 1.25. The van der Waals surface area contributed by atoms with Crippen molar-refractivity contribution in [1.82, 2.24) is 15.1 Å². The van der Waals surface area contributed by atoms with Gasteiger partial charge in [0.25, 0.3) is 5.56 Å². The molecule has 6 heteroatoms. The van der Waals surface area contributed by atoms with Crippen LogP contribution in [0.5, 0.6) is 0 Å². The second-order valence-corrected chi connectivity index (χ2v) is 4.24. The van der Waals surface area contributed by atoms with Crippen LogP contribution < -0.4 is 15.8 Å². The Kier molecular flexibility index (Phi) is 3.46. The Labute approximate surface area is 99.0 Å². The Balaban J connectivity index is 2.32. The van der Waals surface area contributed by atoms with Crippen LogP contribution in [0.3, 0.4) is 0 Å². The lowest BCUT2D eigenvalue weighted by Crippen LogP contribution is -2.31. The first-order valence-corrected chi connectivity index (χ1v) is 5.75. The van der Waals surface area contributed by atoms with E-state index in [9.17, 15) is 4.79 Å². The molecule has 1 aromatic rings. The number of nitrogens with one attached hydrogen (secondary N) is 1. The first kappa shape index (κ1) is 11.4. The topological polar surface area (TPSA) is 50.2 Å². The van der Waals surface area contributed by atoms with Gasteiger partial charge >= 0.3 is 0 Å². The summed E-state index contributed by atoms with van der Waals surface area (Å²) in [6.45, 7) is 3.67. The van der Waals surface area contributed by atoms with Gasteiger partial charge in [-0.1, -0.05) is 11.6 Å². The molecule has 0 amide bonds. The van der Waals surface area contributed by atoms with Crippen molar-refractivity contribution in [2.75, 3.05) is 31.1 Å². The number of aryl methyl sites for hydroxylation is 1. The fraction of sp³-hybridized carbons (Fsp3) is 0.600. The first-order valence-electron chi connectivity index (χ1n) is 5.37. The van der Waals surface area contributed by atoms with Gasteiger partial charge in [-0.25, -0.2) is 4.68 Å². The average molecular weight is 243 g/mol. The van der Waals surface area contributed by atoms with Crippen molar-refractivity contribution in [3.05, 3.63) is 21.6 Å². The van der Waals surface area contributed by atoms with Crippen molar-refractivity contribution in [3.8, 4) is 0 Å². The summed E-state index contributed by atoms with van der Waals surface area (Å²) in [5.74, 6) is 0. The van der Waals surface area contributed by atoms with Crippen molar-refractivity contribution >= 4 is 17.3 Å². The standard InChI is InChI=1S/C10H15ClN4O/c1-14-10(16)9(11)8(7-13-14)15-5-2-3-12-4-6-15/h7,12H,2-6H2,1H3. The highest BCUT2D eigenvalue weighted by Gasteiger charge is 2.15. The molecule has 0 radical (unpaired) electrons. The third kappa shape index (κ3) is 2.20. The molecule has 2 heterocycles. The Bertz CT molecular complexity index is 423. The molecular formula is C10H15ClN4O. The summed E-state index contributed by atoms with van der Waals surface area (Å²) >= 11 is 6.05. The second-order valence-electron chi connectivity index (χ2n) is 3.86. The molecule has 1 saturated heterocycles. The molecule has 16 heavy (non-hydrogen) atoms. The predicted octanol–water partition coefficient (Wildman–Crippen LogP) is 0.233. The molecule has 1 aromatic heterocycles. The third-order valence-corrected chi connectivity index (χ3v) is 3.10. The summed E-state index contributed by atoms with van der Waals surface area (Å²) in [4.78, 5) is 13.8. The van der Waals surface area contributed by atoms with E-state index in [-0.39, 0.29) is 10.6 Å². The summed E-state index contributed by atoms with van der Waals surface area (Å²) in [7, 11) is 1.60. The maximum atomic E-state index is 11.6. The molecule has 1 N–H and O–H groups in total. The zero-order chi connectivity index (χ0) is 11.5. The molecule has 0 bridgehead atoms. The van der Waals surface area contributed by atoms with Gasteiger partial charge in [0, 0.05) is 26.7 Å². The lowest BCUT2D eigenvalue weighted by atomic mass is 10.3. The number of rotatable bonds is 1. The van der Waals surface area contributed by atoms with Crippen molar-refractivity contribution < 1.29 is 0 Å². The average Bonchev–Trinajstić information content (AvgIpc) is 2.55. The van der Waals surface area contributed by atoms with Crippen LogP contribution in [0.2, 0.25) is 5.02 Å². The number of halogens is 1. The van der Waals surface area contributed by atoms with E-state index >= 15 is 0 Å². The molecule has 0 saturated carbocycles. The molecule has 0 spiro atoms. The zero-order valence-corrected chi connectivity index (χ0v) is 10.00. The van der Waals surface area contributed by atoms with Crippen molar-refractivity contribution in [3.63, 3.8) is 0 Å². The number of nitrogens with zero attached hydrogens (tertiary/aromatic N) is 3. The quantitative estimate of drug-likeness (QED) is 0.766. The van der Waals surface area contributed by atoms with Gasteiger partial charge in [0.05, 0.1) is 11.9 Å². The second kappa shape index (κ2) is 4.84. The summed E-state index contributed by atoms with van der Waals surface area (Å²) in [5, 5.41) is 7.57. The SMILES string of the molecule is Cn1ncc(N2CCCNCC2)c(Cl)c1=O. The normalized spacial score (nSPS) is 17.2. The number of hydrogen-bond acceptors (Lipinski definition) is 4. The number of anilines is 1. The van der Waals surface area contributed by atoms with Crippen LogP contribution in [-0.2, 0) is 7.05 Å². The fourth-order valence-corrected chi connectivity index (χ4v) is 2.10. The van der Waals surface area contributed by atoms with Gasteiger partial charge in [0.2, 0.25) is 0 Å². The lowest BCUT2D eigenvalue weighted by Gasteiger charge is -2.22. The van der Waals surface area contributed by atoms with Crippen molar-refractivity contribution in [1.29, 1.82) is 0 Å². The highest BCUT2D eigenvalue weighted by atomic mass is 35.5. The van der Waals surface area contributed by atoms with Gasteiger partial charge in [-0.15, -0.1) is 0 Å². The fourth-order valence-electron chi connectivity index (χ4n) is 1.81. The molecule has 1 fully saturated rings. The summed E-state index contributed by atoms with van der Waals surface area (Å²) in [5.41, 5.74) is 0.504. The minimum Gasteiger partial charge on any atom is -0.368 e. The Morgan fingerprint density at radius 3 is 3.06 bits per heavy atom.